The molecule has 2 aromatic heterocycles. The number of pyridine rings is 1. The lowest BCUT2D eigenvalue weighted by Gasteiger charge is -2.20. The summed E-state index contributed by atoms with van der Waals surface area (Å²) < 4.78 is 51.7. The van der Waals surface area contributed by atoms with E-state index in [0.29, 0.717) is 18.4 Å². The van der Waals surface area contributed by atoms with E-state index in [0.717, 1.165) is 22.4 Å². The first kappa shape index (κ1) is 19.8. The molecule has 0 spiro atoms. The summed E-state index contributed by atoms with van der Waals surface area (Å²) in [5, 5.41) is 3.79. The molecule has 0 N–H and O–H groups in total. The fourth-order valence-electron chi connectivity index (χ4n) is 2.48. The first-order chi connectivity index (χ1) is 13.2. The number of hydrogen-bond acceptors (Lipinski definition) is 4. The quantitative estimate of drug-likeness (QED) is 0.606. The summed E-state index contributed by atoms with van der Waals surface area (Å²) >= 11 is 6.16. The number of benzene rings is 1. The molecule has 0 aliphatic heterocycles. The summed E-state index contributed by atoms with van der Waals surface area (Å²) in [7, 11) is 1.67. The summed E-state index contributed by atoms with van der Waals surface area (Å²) in [4.78, 5) is 17.8. The van der Waals surface area contributed by atoms with E-state index in [2.05, 4.69) is 10.1 Å². The molecule has 28 heavy (non-hydrogen) atoms. The molecule has 0 atom stereocenters. The second kappa shape index (κ2) is 7.59. The van der Waals surface area contributed by atoms with Crippen LogP contribution < -0.4 is 10.5 Å². The van der Waals surface area contributed by atoms with Gasteiger partial charge in [0, 0.05) is 19.8 Å². The second-order valence-electron chi connectivity index (χ2n) is 5.95. The van der Waals surface area contributed by atoms with Crippen LogP contribution in [0, 0.1) is 5.82 Å². The zero-order chi connectivity index (χ0) is 20.5. The summed E-state index contributed by atoms with van der Waals surface area (Å²) in [6.07, 6.45) is -2.60. The summed E-state index contributed by atoms with van der Waals surface area (Å²) in [6.45, 7) is 0.337. The normalized spacial score (nSPS) is 11.5. The smallest absolute Gasteiger partial charge is 0.368 e. The molecule has 0 amide bonds. The molecule has 0 unspecified atom stereocenters. The monoisotopic (exact) mass is 412 g/mol. The fraction of sp³-hybridized carbons (Fsp3) is 0.167. The van der Waals surface area contributed by atoms with E-state index in [1.165, 1.54) is 18.3 Å². The topological polar surface area (TPSA) is 51.0 Å². The molecule has 0 radical (unpaired) electrons. The number of rotatable bonds is 4. The number of hydrogen-bond donors (Lipinski definition) is 0. The molecule has 0 saturated carbocycles. The van der Waals surface area contributed by atoms with Crippen molar-refractivity contribution in [1.82, 2.24) is 14.8 Å². The van der Waals surface area contributed by atoms with Gasteiger partial charge < -0.3 is 4.90 Å². The molecule has 5 nitrogen and oxygen atoms in total. The van der Waals surface area contributed by atoms with Crippen LogP contribution in [-0.2, 0) is 12.7 Å². The maximum atomic E-state index is 13.0. The van der Waals surface area contributed by atoms with Crippen molar-refractivity contribution >= 4 is 17.3 Å². The van der Waals surface area contributed by atoms with Crippen molar-refractivity contribution < 1.29 is 17.6 Å². The Morgan fingerprint density at radius 1 is 1.11 bits per heavy atom. The van der Waals surface area contributed by atoms with E-state index in [1.54, 1.807) is 24.1 Å². The molecule has 1 aromatic carbocycles. The highest BCUT2D eigenvalue weighted by molar-refractivity contribution is 6.33. The predicted octanol–water partition coefficient (Wildman–Crippen LogP) is 4.08. The number of halogens is 5. The summed E-state index contributed by atoms with van der Waals surface area (Å²) in [5.41, 5.74) is -0.559. The Bertz CT molecular complexity index is 1030. The van der Waals surface area contributed by atoms with Gasteiger partial charge in [-0.1, -0.05) is 23.7 Å². The van der Waals surface area contributed by atoms with Crippen molar-refractivity contribution in [2.24, 2.45) is 0 Å². The Kier molecular flexibility index (Phi) is 5.37. The number of anilines is 1. The van der Waals surface area contributed by atoms with Crippen molar-refractivity contribution in [3.63, 3.8) is 0 Å². The van der Waals surface area contributed by atoms with Crippen LogP contribution in [0.2, 0.25) is 5.02 Å². The Balaban J connectivity index is 1.88. The van der Waals surface area contributed by atoms with Crippen LogP contribution in [0.1, 0.15) is 11.1 Å². The van der Waals surface area contributed by atoms with Crippen LogP contribution in [0.5, 0.6) is 0 Å². The Labute approximate surface area is 161 Å². The zero-order valence-corrected chi connectivity index (χ0v) is 15.2. The van der Waals surface area contributed by atoms with Crippen LogP contribution in [0.4, 0.5) is 23.2 Å². The average Bonchev–Trinajstić information content (AvgIpc) is 2.65. The van der Waals surface area contributed by atoms with E-state index in [1.807, 2.05) is 0 Å². The minimum absolute atomic E-state index is 0.0902. The highest BCUT2D eigenvalue weighted by Gasteiger charge is 2.30. The van der Waals surface area contributed by atoms with Gasteiger partial charge in [-0.25, -0.2) is 9.37 Å². The van der Waals surface area contributed by atoms with Crippen LogP contribution in [0.15, 0.2) is 53.6 Å². The van der Waals surface area contributed by atoms with Gasteiger partial charge in [0.05, 0.1) is 17.4 Å². The third kappa shape index (κ3) is 4.14. The number of nitrogens with zero attached hydrogens (tertiary/aromatic N) is 4. The fourth-order valence-corrected chi connectivity index (χ4v) is 2.75. The van der Waals surface area contributed by atoms with E-state index in [4.69, 9.17) is 11.6 Å². The lowest BCUT2D eigenvalue weighted by Crippen LogP contribution is -2.26. The highest BCUT2D eigenvalue weighted by Crippen LogP contribution is 2.28. The largest absolute Gasteiger partial charge is 0.417 e. The third-order valence-corrected chi connectivity index (χ3v) is 4.29. The minimum Gasteiger partial charge on any atom is -0.368 e. The van der Waals surface area contributed by atoms with E-state index in [9.17, 15) is 22.4 Å². The molecule has 0 fully saturated rings. The molecule has 3 rings (SSSR count). The predicted molar refractivity (Wildman–Crippen MR) is 96.1 cm³/mol. The second-order valence-corrected chi connectivity index (χ2v) is 6.32. The Hall–Kier alpha value is -2.94. The van der Waals surface area contributed by atoms with Gasteiger partial charge in [-0.2, -0.15) is 23.0 Å². The number of alkyl halides is 3. The first-order valence-electron chi connectivity index (χ1n) is 7.94. The van der Waals surface area contributed by atoms with E-state index in [-0.39, 0.29) is 16.7 Å². The van der Waals surface area contributed by atoms with Gasteiger partial charge in [-0.15, -0.1) is 0 Å². The minimum atomic E-state index is -4.53. The maximum Gasteiger partial charge on any atom is 0.417 e. The van der Waals surface area contributed by atoms with Gasteiger partial charge >= 0.3 is 6.18 Å². The van der Waals surface area contributed by atoms with Gasteiger partial charge in [-0.05, 0) is 29.8 Å². The van der Waals surface area contributed by atoms with Gasteiger partial charge in [0.2, 0.25) is 0 Å². The molecule has 0 aliphatic rings. The van der Waals surface area contributed by atoms with Gasteiger partial charge in [0.25, 0.3) is 5.56 Å². The number of aromatic nitrogens is 3. The van der Waals surface area contributed by atoms with Crippen LogP contribution in [0.3, 0.4) is 0 Å². The zero-order valence-electron chi connectivity index (χ0n) is 14.4. The van der Waals surface area contributed by atoms with Crippen LogP contribution in [0.25, 0.3) is 5.82 Å². The van der Waals surface area contributed by atoms with Crippen molar-refractivity contribution in [3.05, 3.63) is 81.1 Å². The third-order valence-electron chi connectivity index (χ3n) is 3.94. The molecule has 10 heteroatoms. The van der Waals surface area contributed by atoms with E-state index >= 15 is 0 Å². The van der Waals surface area contributed by atoms with Gasteiger partial charge in [-0.3, -0.25) is 4.79 Å². The molecule has 0 saturated heterocycles. The van der Waals surface area contributed by atoms with Crippen molar-refractivity contribution in [1.29, 1.82) is 0 Å². The molecule has 0 bridgehead atoms. The Morgan fingerprint density at radius 2 is 1.79 bits per heavy atom. The lowest BCUT2D eigenvalue weighted by atomic mass is 10.2. The summed E-state index contributed by atoms with van der Waals surface area (Å²) in [6, 6.07) is 7.67. The van der Waals surface area contributed by atoms with Crippen molar-refractivity contribution in [2.45, 2.75) is 12.7 Å². The molecule has 146 valence electrons. The molecule has 0 aliphatic carbocycles. The Morgan fingerprint density at radius 3 is 2.36 bits per heavy atom. The maximum absolute atomic E-state index is 13.0. The van der Waals surface area contributed by atoms with Gasteiger partial charge in [0.1, 0.15) is 10.8 Å². The summed E-state index contributed by atoms with van der Waals surface area (Å²) in [5.74, 6) is -0.453. The first-order valence-corrected chi connectivity index (χ1v) is 8.31. The SMILES string of the molecule is CN(Cc1ccc(F)cc1)c1cnn(-c2ccc(C(F)(F)F)cn2)c(=O)c1Cl. The van der Waals surface area contributed by atoms with Crippen molar-refractivity contribution in [3.8, 4) is 5.82 Å². The molecular formula is C18H13ClF4N4O. The van der Waals surface area contributed by atoms with Crippen LogP contribution >= 0.6 is 11.6 Å². The van der Waals surface area contributed by atoms with Gasteiger partial charge in [0.15, 0.2) is 5.82 Å². The lowest BCUT2D eigenvalue weighted by molar-refractivity contribution is -0.137. The molecule has 2 heterocycles. The average molecular weight is 413 g/mol. The standard InChI is InChI=1S/C18H13ClF4N4O/c1-26(10-11-2-5-13(20)6-3-11)14-9-25-27(17(28)16(14)19)15-7-4-12(8-24-15)18(21,22)23/h2-9H,10H2,1H3. The highest BCUT2D eigenvalue weighted by atomic mass is 35.5. The molecular weight excluding hydrogens is 400 g/mol. The van der Waals surface area contributed by atoms with Crippen LogP contribution in [-0.4, -0.2) is 21.8 Å². The van der Waals surface area contributed by atoms with E-state index < -0.39 is 17.3 Å². The molecule has 3 aromatic rings. The van der Waals surface area contributed by atoms with Crippen molar-refractivity contribution in [2.75, 3.05) is 11.9 Å².